The average molecular weight is 519 g/mol. The molecular formula is C29H38N6OS. The summed E-state index contributed by atoms with van der Waals surface area (Å²) >= 11 is 4.53. The second kappa shape index (κ2) is 10.4. The first-order valence-corrected chi connectivity index (χ1v) is 14.4. The molecule has 2 aromatic rings. The zero-order chi connectivity index (χ0) is 25.4. The number of nitrogens with one attached hydrogen (secondary N) is 3. The lowest BCUT2D eigenvalue weighted by Crippen LogP contribution is -2.61. The number of thiol groups is 1. The summed E-state index contributed by atoms with van der Waals surface area (Å²) in [5, 5.41) is 30.5. The normalized spacial score (nSPS) is 34.2. The Kier molecular flexibility index (Phi) is 7.04. The number of aliphatic hydroxyl groups excluding tert-OH is 1. The highest BCUT2D eigenvalue weighted by atomic mass is 32.1. The van der Waals surface area contributed by atoms with Gasteiger partial charge in [-0.05, 0) is 92.6 Å². The Morgan fingerprint density at radius 1 is 1.05 bits per heavy atom. The second-order valence-corrected chi connectivity index (χ2v) is 12.6. The standard InChI is InChI=1S/C29H38N6OS/c30-14-22-16-32-28(31-15-19-3-1-2-4-25(19)37)35-27(22)33-17-29-11-18-9-20(12-29)26(21(10-18)13-29)34-23-5-7-24(36)8-6-23/h1-4,16,18,20-21,23-24,26,34,36-37H,5-13,15,17H2,(H2,31,32,33,35)/t18?,20-,21+,23?,24?,26?,29?. The van der Waals surface area contributed by atoms with Crippen LogP contribution < -0.4 is 16.0 Å². The number of aromatic nitrogens is 2. The van der Waals surface area contributed by atoms with E-state index in [4.69, 9.17) is 4.98 Å². The highest BCUT2D eigenvalue weighted by molar-refractivity contribution is 7.80. The van der Waals surface area contributed by atoms with E-state index in [-0.39, 0.29) is 11.5 Å². The maximum absolute atomic E-state index is 9.90. The van der Waals surface area contributed by atoms with E-state index in [2.05, 4.69) is 39.6 Å². The topological polar surface area (TPSA) is 106 Å². The fourth-order valence-electron chi connectivity index (χ4n) is 7.99. The number of nitriles is 1. The zero-order valence-corrected chi connectivity index (χ0v) is 22.3. The molecule has 8 heteroatoms. The van der Waals surface area contributed by atoms with Crippen LogP contribution >= 0.6 is 12.6 Å². The summed E-state index contributed by atoms with van der Waals surface area (Å²) < 4.78 is 0. The monoisotopic (exact) mass is 518 g/mol. The largest absolute Gasteiger partial charge is 0.393 e. The van der Waals surface area contributed by atoms with Gasteiger partial charge in [-0.15, -0.1) is 12.6 Å². The van der Waals surface area contributed by atoms with Crippen molar-refractivity contribution in [3.05, 3.63) is 41.6 Å². The van der Waals surface area contributed by atoms with Crippen LogP contribution in [0.3, 0.4) is 0 Å². The highest BCUT2D eigenvalue weighted by Crippen LogP contribution is 2.60. The molecule has 1 aromatic heterocycles. The van der Waals surface area contributed by atoms with E-state index < -0.39 is 0 Å². The van der Waals surface area contributed by atoms with Crippen LogP contribution in [0.5, 0.6) is 0 Å². The molecule has 5 aliphatic carbocycles. The molecule has 5 atom stereocenters. The van der Waals surface area contributed by atoms with Gasteiger partial charge < -0.3 is 21.1 Å². The molecule has 37 heavy (non-hydrogen) atoms. The van der Waals surface area contributed by atoms with Crippen LogP contribution in [-0.2, 0) is 6.54 Å². The smallest absolute Gasteiger partial charge is 0.224 e. The molecule has 0 spiro atoms. The fourth-order valence-corrected chi connectivity index (χ4v) is 8.23. The van der Waals surface area contributed by atoms with E-state index in [1.807, 2.05) is 24.3 Å². The number of nitrogens with zero attached hydrogens (tertiary/aromatic N) is 3. The Hall–Kier alpha value is -2.34. The van der Waals surface area contributed by atoms with Crippen LogP contribution in [0.1, 0.15) is 68.9 Å². The van der Waals surface area contributed by atoms with Crippen molar-refractivity contribution in [3.63, 3.8) is 0 Å². The first-order valence-electron chi connectivity index (χ1n) is 14.0. The average Bonchev–Trinajstić information content (AvgIpc) is 2.90. The van der Waals surface area contributed by atoms with E-state index in [9.17, 15) is 10.4 Å². The SMILES string of the molecule is N#Cc1cnc(NCc2ccccc2S)nc1NCC12CC3C[C@H](C1)C(NC1CCC(O)CC1)[C@@H](C3)C2. The van der Waals surface area contributed by atoms with Crippen LogP contribution in [0.2, 0.25) is 0 Å². The summed E-state index contributed by atoms with van der Waals surface area (Å²) in [6, 6.07) is 11.4. The minimum Gasteiger partial charge on any atom is -0.393 e. The van der Waals surface area contributed by atoms with Crippen molar-refractivity contribution in [2.75, 3.05) is 17.2 Å². The molecule has 1 heterocycles. The van der Waals surface area contributed by atoms with Gasteiger partial charge in [0.2, 0.25) is 5.95 Å². The summed E-state index contributed by atoms with van der Waals surface area (Å²) in [5.74, 6) is 3.44. The minimum atomic E-state index is -0.0968. The summed E-state index contributed by atoms with van der Waals surface area (Å²) in [4.78, 5) is 9.98. The number of hydrogen-bond acceptors (Lipinski definition) is 8. The van der Waals surface area contributed by atoms with E-state index in [0.717, 1.165) is 60.4 Å². The third-order valence-corrected chi connectivity index (χ3v) is 9.93. The van der Waals surface area contributed by atoms with Crippen molar-refractivity contribution >= 4 is 24.4 Å². The van der Waals surface area contributed by atoms with Gasteiger partial charge in [-0.2, -0.15) is 10.2 Å². The summed E-state index contributed by atoms with van der Waals surface area (Å²) in [5.41, 5.74) is 1.85. The molecule has 0 radical (unpaired) electrons. The molecule has 5 fully saturated rings. The molecule has 196 valence electrons. The highest BCUT2D eigenvalue weighted by Gasteiger charge is 2.55. The first kappa shape index (κ1) is 25.0. The van der Waals surface area contributed by atoms with E-state index in [0.29, 0.717) is 36.0 Å². The number of anilines is 2. The Morgan fingerprint density at radius 3 is 2.54 bits per heavy atom. The third-order valence-electron chi connectivity index (χ3n) is 9.49. The van der Waals surface area contributed by atoms with Gasteiger partial charge in [0.05, 0.1) is 12.3 Å². The van der Waals surface area contributed by atoms with Crippen molar-refractivity contribution in [1.29, 1.82) is 5.26 Å². The predicted molar refractivity (Wildman–Crippen MR) is 147 cm³/mol. The van der Waals surface area contributed by atoms with Crippen LogP contribution in [0, 0.1) is 34.5 Å². The maximum Gasteiger partial charge on any atom is 0.224 e. The van der Waals surface area contributed by atoms with E-state index in [1.165, 1.54) is 32.1 Å². The molecule has 7 nitrogen and oxygen atoms in total. The summed E-state index contributed by atoms with van der Waals surface area (Å²) in [6.45, 7) is 1.44. The lowest BCUT2D eigenvalue weighted by Gasteiger charge is -2.61. The van der Waals surface area contributed by atoms with E-state index in [1.54, 1.807) is 6.20 Å². The lowest BCUT2D eigenvalue weighted by molar-refractivity contribution is -0.0737. The minimum absolute atomic E-state index is 0.0968. The molecule has 5 saturated carbocycles. The first-order chi connectivity index (χ1) is 18.0. The Morgan fingerprint density at radius 2 is 1.81 bits per heavy atom. The summed E-state index contributed by atoms with van der Waals surface area (Å²) in [7, 11) is 0. The van der Waals surface area contributed by atoms with Crippen molar-refractivity contribution in [2.45, 2.75) is 87.4 Å². The molecule has 5 aliphatic rings. The molecule has 4 bridgehead atoms. The molecule has 4 N–H and O–H groups in total. The van der Waals surface area contributed by atoms with Gasteiger partial charge in [-0.1, -0.05) is 18.2 Å². The summed E-state index contributed by atoms with van der Waals surface area (Å²) in [6.07, 6.45) is 12.1. The molecule has 0 aliphatic heterocycles. The van der Waals surface area contributed by atoms with Crippen molar-refractivity contribution in [1.82, 2.24) is 15.3 Å². The quantitative estimate of drug-likeness (QED) is 0.321. The number of rotatable bonds is 8. The third kappa shape index (κ3) is 5.32. The van der Waals surface area contributed by atoms with Crippen molar-refractivity contribution in [3.8, 4) is 6.07 Å². The maximum atomic E-state index is 9.90. The predicted octanol–water partition coefficient (Wildman–Crippen LogP) is 4.75. The van der Waals surface area contributed by atoms with E-state index >= 15 is 0 Å². The second-order valence-electron chi connectivity index (χ2n) is 12.1. The van der Waals surface area contributed by atoms with Gasteiger partial charge in [0.1, 0.15) is 17.5 Å². The fraction of sp³-hybridized carbons (Fsp3) is 0.621. The van der Waals surface area contributed by atoms with Gasteiger partial charge in [-0.25, -0.2) is 4.98 Å². The lowest BCUT2D eigenvalue weighted by atomic mass is 9.47. The van der Waals surface area contributed by atoms with Crippen LogP contribution in [0.15, 0.2) is 35.4 Å². The van der Waals surface area contributed by atoms with Gasteiger partial charge in [0.15, 0.2) is 0 Å². The molecular weight excluding hydrogens is 480 g/mol. The van der Waals surface area contributed by atoms with Gasteiger partial charge >= 0.3 is 0 Å². The number of aliphatic hydroxyl groups is 1. The van der Waals surface area contributed by atoms with Gasteiger partial charge in [-0.3, -0.25) is 0 Å². The Bertz CT molecular complexity index is 1140. The van der Waals surface area contributed by atoms with Crippen molar-refractivity contribution in [2.24, 2.45) is 23.2 Å². The van der Waals surface area contributed by atoms with Gasteiger partial charge in [0.25, 0.3) is 0 Å². The number of hydrogen-bond donors (Lipinski definition) is 5. The zero-order valence-electron chi connectivity index (χ0n) is 21.4. The van der Waals surface area contributed by atoms with Crippen molar-refractivity contribution < 1.29 is 5.11 Å². The van der Waals surface area contributed by atoms with Crippen LogP contribution in [0.25, 0.3) is 0 Å². The van der Waals surface area contributed by atoms with Gasteiger partial charge in [0, 0.05) is 30.1 Å². The Labute approximate surface area is 225 Å². The molecule has 0 saturated heterocycles. The molecule has 3 unspecified atom stereocenters. The molecule has 7 rings (SSSR count). The number of benzene rings is 1. The van der Waals surface area contributed by atoms with Crippen LogP contribution in [0.4, 0.5) is 11.8 Å². The Balaban J connectivity index is 1.11. The van der Waals surface area contributed by atoms with Crippen LogP contribution in [-0.4, -0.2) is 39.8 Å². The molecule has 0 amide bonds. The molecule has 1 aromatic carbocycles.